The minimum Gasteiger partial charge on any atom is -0.294 e. The third-order valence-electron chi connectivity index (χ3n) is 8.48. The molecule has 0 spiro atoms. The van der Waals surface area contributed by atoms with E-state index < -0.39 is 0 Å². The van der Waals surface area contributed by atoms with Gasteiger partial charge in [-0.2, -0.15) is 0 Å². The standard InChI is InChI=1S/C20H33N/c1-4-14-6-8-16-15-7-9-18-20(3,11-5-13-21-18)17(15)10-12-19(14,16)2/h14-17H,4-13H2,1-3H3/t14-,15-,16-,17-,19+,20+/m0/s1. The molecule has 6 atom stereocenters. The predicted molar refractivity (Wildman–Crippen MR) is 89.7 cm³/mol. The van der Waals surface area contributed by atoms with Crippen molar-refractivity contribution in [2.75, 3.05) is 6.54 Å². The molecule has 4 aliphatic rings. The Labute approximate surface area is 131 Å². The molecule has 0 aromatic heterocycles. The normalized spacial score (nSPS) is 52.6. The SMILES string of the molecule is CC[C@H]1CC[C@H]2[C@@H]3CCC4=NCCC[C@]4(C)[C@H]3CC[C@]12C. The Bertz CT molecular complexity index is 453. The summed E-state index contributed by atoms with van der Waals surface area (Å²) in [7, 11) is 0. The molecule has 21 heavy (non-hydrogen) atoms. The van der Waals surface area contributed by atoms with Gasteiger partial charge in [0.25, 0.3) is 0 Å². The van der Waals surface area contributed by atoms with Gasteiger partial charge in [0.2, 0.25) is 0 Å². The summed E-state index contributed by atoms with van der Waals surface area (Å²) < 4.78 is 0. The molecule has 3 aliphatic carbocycles. The molecule has 1 nitrogen and oxygen atoms in total. The molecule has 1 aliphatic heterocycles. The molecule has 0 aromatic rings. The Hall–Kier alpha value is -0.330. The lowest BCUT2D eigenvalue weighted by atomic mass is 9.48. The Kier molecular flexibility index (Phi) is 3.28. The largest absolute Gasteiger partial charge is 0.294 e. The average molecular weight is 287 g/mol. The van der Waals surface area contributed by atoms with Crippen LogP contribution in [0.2, 0.25) is 0 Å². The highest BCUT2D eigenvalue weighted by Gasteiger charge is 2.58. The number of hydrogen-bond donors (Lipinski definition) is 0. The first-order chi connectivity index (χ1) is 10.1. The molecular formula is C20H33N. The van der Waals surface area contributed by atoms with Gasteiger partial charge in [0.05, 0.1) is 0 Å². The summed E-state index contributed by atoms with van der Waals surface area (Å²) in [5.41, 5.74) is 2.77. The summed E-state index contributed by atoms with van der Waals surface area (Å²) in [5, 5.41) is 0. The molecule has 0 bridgehead atoms. The maximum Gasteiger partial charge on any atom is 0.0389 e. The van der Waals surface area contributed by atoms with Gasteiger partial charge < -0.3 is 0 Å². The summed E-state index contributed by atoms with van der Waals surface area (Å²) in [5.74, 6) is 4.01. The van der Waals surface area contributed by atoms with E-state index in [0.29, 0.717) is 10.8 Å². The van der Waals surface area contributed by atoms with Crippen molar-refractivity contribution in [2.45, 2.75) is 78.6 Å². The van der Waals surface area contributed by atoms with Crippen molar-refractivity contribution in [2.24, 2.45) is 39.5 Å². The molecular weight excluding hydrogens is 254 g/mol. The van der Waals surface area contributed by atoms with Crippen LogP contribution in [0.5, 0.6) is 0 Å². The highest BCUT2D eigenvalue weighted by molar-refractivity contribution is 5.91. The van der Waals surface area contributed by atoms with E-state index in [2.05, 4.69) is 20.8 Å². The van der Waals surface area contributed by atoms with E-state index in [0.717, 1.165) is 30.2 Å². The van der Waals surface area contributed by atoms with Crippen LogP contribution in [0, 0.1) is 34.5 Å². The fourth-order valence-electron chi connectivity index (χ4n) is 7.31. The van der Waals surface area contributed by atoms with Crippen molar-refractivity contribution in [1.82, 2.24) is 0 Å². The van der Waals surface area contributed by atoms with Crippen LogP contribution < -0.4 is 0 Å². The number of fused-ring (bicyclic) bond motifs is 5. The molecule has 118 valence electrons. The van der Waals surface area contributed by atoms with Gasteiger partial charge in [-0.25, -0.2) is 0 Å². The molecule has 0 unspecified atom stereocenters. The van der Waals surface area contributed by atoms with Crippen LogP contribution in [0.4, 0.5) is 0 Å². The highest BCUT2D eigenvalue weighted by Crippen LogP contribution is 2.65. The van der Waals surface area contributed by atoms with Crippen LogP contribution >= 0.6 is 0 Å². The number of nitrogens with zero attached hydrogens (tertiary/aromatic N) is 1. The quantitative estimate of drug-likeness (QED) is 0.604. The maximum atomic E-state index is 4.96. The summed E-state index contributed by atoms with van der Waals surface area (Å²) >= 11 is 0. The molecule has 0 radical (unpaired) electrons. The van der Waals surface area contributed by atoms with Crippen LogP contribution in [0.25, 0.3) is 0 Å². The second kappa shape index (κ2) is 4.83. The molecule has 1 heterocycles. The first-order valence-electron chi connectivity index (χ1n) is 9.63. The van der Waals surface area contributed by atoms with E-state index in [1.807, 2.05) is 0 Å². The van der Waals surface area contributed by atoms with Gasteiger partial charge in [-0.1, -0.05) is 27.2 Å². The van der Waals surface area contributed by atoms with Gasteiger partial charge in [0.15, 0.2) is 0 Å². The molecule has 3 saturated carbocycles. The molecule has 0 N–H and O–H groups in total. The first kappa shape index (κ1) is 14.3. The predicted octanol–water partition coefficient (Wildman–Crippen LogP) is 5.49. The van der Waals surface area contributed by atoms with Crippen LogP contribution in [-0.2, 0) is 0 Å². The van der Waals surface area contributed by atoms with Gasteiger partial charge >= 0.3 is 0 Å². The van der Waals surface area contributed by atoms with Gasteiger partial charge in [0, 0.05) is 17.7 Å². The fourth-order valence-corrected chi connectivity index (χ4v) is 7.31. The molecule has 0 aromatic carbocycles. The molecule has 0 saturated heterocycles. The molecule has 1 heteroatoms. The molecule has 3 fully saturated rings. The van der Waals surface area contributed by atoms with Crippen molar-refractivity contribution in [3.8, 4) is 0 Å². The van der Waals surface area contributed by atoms with E-state index in [1.54, 1.807) is 5.71 Å². The summed E-state index contributed by atoms with van der Waals surface area (Å²) in [6.45, 7) is 8.78. The van der Waals surface area contributed by atoms with E-state index in [9.17, 15) is 0 Å². The lowest BCUT2D eigenvalue weighted by Crippen LogP contribution is -2.53. The summed E-state index contributed by atoms with van der Waals surface area (Å²) in [6, 6.07) is 0. The molecule has 4 rings (SSSR count). The Morgan fingerprint density at radius 3 is 2.71 bits per heavy atom. The Balaban J connectivity index is 1.66. The van der Waals surface area contributed by atoms with Crippen molar-refractivity contribution in [3.63, 3.8) is 0 Å². The maximum absolute atomic E-state index is 4.96. The van der Waals surface area contributed by atoms with Gasteiger partial charge in [-0.3, -0.25) is 4.99 Å². The van der Waals surface area contributed by atoms with Crippen LogP contribution in [-0.4, -0.2) is 12.3 Å². The van der Waals surface area contributed by atoms with Crippen molar-refractivity contribution >= 4 is 5.71 Å². The zero-order valence-corrected chi connectivity index (χ0v) is 14.3. The van der Waals surface area contributed by atoms with Crippen molar-refractivity contribution in [3.05, 3.63) is 0 Å². The first-order valence-corrected chi connectivity index (χ1v) is 9.63. The number of hydrogen-bond acceptors (Lipinski definition) is 1. The van der Waals surface area contributed by atoms with E-state index >= 15 is 0 Å². The lowest BCUT2D eigenvalue weighted by Gasteiger charge is -2.57. The van der Waals surface area contributed by atoms with E-state index in [-0.39, 0.29) is 0 Å². The minimum absolute atomic E-state index is 0.479. The van der Waals surface area contributed by atoms with Crippen LogP contribution in [0.1, 0.15) is 78.6 Å². The Morgan fingerprint density at radius 2 is 1.90 bits per heavy atom. The molecule has 0 amide bonds. The zero-order valence-electron chi connectivity index (χ0n) is 14.3. The zero-order chi connectivity index (χ0) is 14.7. The van der Waals surface area contributed by atoms with Crippen molar-refractivity contribution < 1.29 is 0 Å². The van der Waals surface area contributed by atoms with Gasteiger partial charge in [-0.15, -0.1) is 0 Å². The lowest BCUT2D eigenvalue weighted by molar-refractivity contribution is -0.0361. The average Bonchev–Trinajstić information content (AvgIpc) is 2.83. The number of rotatable bonds is 1. The third-order valence-corrected chi connectivity index (χ3v) is 8.48. The fraction of sp³-hybridized carbons (Fsp3) is 0.950. The summed E-state index contributed by atoms with van der Waals surface area (Å²) in [6.07, 6.45) is 13.0. The van der Waals surface area contributed by atoms with Crippen molar-refractivity contribution in [1.29, 1.82) is 0 Å². The third kappa shape index (κ3) is 1.85. The number of aliphatic imine (C=N–C) groups is 1. The smallest absolute Gasteiger partial charge is 0.0389 e. The van der Waals surface area contributed by atoms with Gasteiger partial charge in [0.1, 0.15) is 0 Å². The second-order valence-corrected chi connectivity index (χ2v) is 8.99. The summed E-state index contributed by atoms with van der Waals surface area (Å²) in [4.78, 5) is 4.96. The van der Waals surface area contributed by atoms with Crippen LogP contribution in [0.15, 0.2) is 4.99 Å². The van der Waals surface area contributed by atoms with Gasteiger partial charge in [-0.05, 0) is 80.5 Å². The monoisotopic (exact) mass is 287 g/mol. The van der Waals surface area contributed by atoms with Crippen LogP contribution in [0.3, 0.4) is 0 Å². The topological polar surface area (TPSA) is 12.4 Å². The van der Waals surface area contributed by atoms with E-state index in [4.69, 9.17) is 4.99 Å². The second-order valence-electron chi connectivity index (χ2n) is 8.99. The highest BCUT2D eigenvalue weighted by atomic mass is 14.8. The minimum atomic E-state index is 0.479. The van der Waals surface area contributed by atoms with E-state index in [1.165, 1.54) is 57.8 Å². The Morgan fingerprint density at radius 1 is 1.05 bits per heavy atom.